The van der Waals surface area contributed by atoms with Gasteiger partial charge in [-0.3, -0.25) is 0 Å². The van der Waals surface area contributed by atoms with Gasteiger partial charge in [0.25, 0.3) is 0 Å². The van der Waals surface area contributed by atoms with Crippen LogP contribution < -0.4 is 14.2 Å². The Morgan fingerprint density at radius 2 is 1.96 bits per heavy atom. The predicted molar refractivity (Wildman–Crippen MR) is 91.7 cm³/mol. The van der Waals surface area contributed by atoms with Gasteiger partial charge in [-0.1, -0.05) is 6.07 Å². The minimum Gasteiger partial charge on any atom is -0.491 e. The van der Waals surface area contributed by atoms with Crippen LogP contribution in [0.5, 0.6) is 17.2 Å². The Balaban J connectivity index is 1.65. The van der Waals surface area contributed by atoms with Crippen molar-refractivity contribution in [3.63, 3.8) is 0 Å². The first-order valence-electron chi connectivity index (χ1n) is 7.86. The third-order valence-electron chi connectivity index (χ3n) is 3.70. The van der Waals surface area contributed by atoms with Gasteiger partial charge in [-0.05, 0) is 30.3 Å². The Bertz CT molecular complexity index is 1060. The van der Waals surface area contributed by atoms with Crippen molar-refractivity contribution in [2.24, 2.45) is 0 Å². The minimum absolute atomic E-state index is 0.0520. The van der Waals surface area contributed by atoms with Crippen molar-refractivity contribution >= 4 is 10.0 Å². The predicted octanol–water partition coefficient (Wildman–Crippen LogP) is 2.51. The zero-order valence-corrected chi connectivity index (χ0v) is 14.6. The maximum atomic E-state index is 12.3. The summed E-state index contributed by atoms with van der Waals surface area (Å²) < 4.78 is 43.7. The van der Waals surface area contributed by atoms with Gasteiger partial charge in [0.1, 0.15) is 28.8 Å². The monoisotopic (exact) mass is 373 g/mol. The summed E-state index contributed by atoms with van der Waals surface area (Å²) in [7, 11) is -3.63. The van der Waals surface area contributed by atoms with E-state index in [1.807, 2.05) is 6.07 Å². The first kappa shape index (κ1) is 16.6. The van der Waals surface area contributed by atoms with Crippen LogP contribution in [0.1, 0.15) is 5.89 Å². The second-order valence-corrected chi connectivity index (χ2v) is 7.35. The summed E-state index contributed by atoms with van der Waals surface area (Å²) in [6.45, 7) is 2.21. The molecule has 134 valence electrons. The molecule has 1 aliphatic heterocycles. The Morgan fingerprint density at radius 1 is 1.12 bits per heavy atom. The molecular weight excluding hydrogens is 358 g/mol. The van der Waals surface area contributed by atoms with Crippen molar-refractivity contribution in [1.82, 2.24) is 14.9 Å². The van der Waals surface area contributed by atoms with Gasteiger partial charge in [0.15, 0.2) is 0 Å². The van der Waals surface area contributed by atoms with E-state index in [2.05, 4.69) is 14.9 Å². The Kier molecular flexibility index (Phi) is 4.09. The molecule has 4 rings (SSSR count). The zero-order valence-electron chi connectivity index (χ0n) is 13.8. The molecule has 1 aliphatic rings. The summed E-state index contributed by atoms with van der Waals surface area (Å²) in [5.41, 5.74) is 0.704. The molecule has 1 aromatic heterocycles. The van der Waals surface area contributed by atoms with Crippen LogP contribution in [0.4, 0.5) is 0 Å². The highest BCUT2D eigenvalue weighted by Gasteiger charge is 2.23. The number of rotatable bonds is 3. The Morgan fingerprint density at radius 3 is 2.77 bits per heavy atom. The van der Waals surface area contributed by atoms with Crippen LogP contribution in [0.25, 0.3) is 11.5 Å². The molecule has 9 heteroatoms. The quantitative estimate of drug-likeness (QED) is 0.752. The third kappa shape index (κ3) is 3.26. The van der Waals surface area contributed by atoms with Gasteiger partial charge < -0.3 is 13.9 Å². The number of aryl methyl sites for hydroxylation is 1. The van der Waals surface area contributed by atoms with Crippen molar-refractivity contribution in [2.45, 2.75) is 11.8 Å². The number of nitrogens with zero attached hydrogens (tertiary/aromatic N) is 2. The maximum absolute atomic E-state index is 12.3. The molecule has 2 aromatic carbocycles. The van der Waals surface area contributed by atoms with E-state index >= 15 is 0 Å². The smallest absolute Gasteiger partial charge is 0.247 e. The van der Waals surface area contributed by atoms with E-state index in [0.717, 1.165) is 0 Å². The third-order valence-corrected chi connectivity index (χ3v) is 5.18. The number of ether oxygens (including phenoxy) is 2. The molecular formula is C17H15N3O5S. The first-order valence-corrected chi connectivity index (χ1v) is 9.34. The molecule has 0 fully saturated rings. The van der Waals surface area contributed by atoms with Crippen molar-refractivity contribution in [3.05, 3.63) is 48.4 Å². The SMILES string of the molecule is Cc1nnc(-c2cccc(Oc3ccc4c(c3)S(=O)(=O)NCCO4)c2)o1. The summed E-state index contributed by atoms with van der Waals surface area (Å²) in [4.78, 5) is 0.0520. The fraction of sp³-hybridized carbons (Fsp3) is 0.176. The van der Waals surface area contributed by atoms with Crippen LogP contribution in [0.15, 0.2) is 51.8 Å². The van der Waals surface area contributed by atoms with Crippen LogP contribution in [0.2, 0.25) is 0 Å². The highest BCUT2D eigenvalue weighted by atomic mass is 32.2. The van der Waals surface area contributed by atoms with Gasteiger partial charge in [-0.15, -0.1) is 10.2 Å². The van der Waals surface area contributed by atoms with E-state index in [1.165, 1.54) is 6.07 Å². The molecule has 0 saturated heterocycles. The average molecular weight is 373 g/mol. The molecule has 0 atom stereocenters. The molecule has 0 unspecified atom stereocenters. The average Bonchev–Trinajstić information content (AvgIpc) is 3.00. The summed E-state index contributed by atoms with van der Waals surface area (Å²) in [6.07, 6.45) is 0. The topological polar surface area (TPSA) is 104 Å². The minimum atomic E-state index is -3.63. The van der Waals surface area contributed by atoms with E-state index in [-0.39, 0.29) is 18.0 Å². The number of aromatic nitrogens is 2. The highest BCUT2D eigenvalue weighted by Crippen LogP contribution is 2.33. The Labute approximate surface area is 149 Å². The largest absolute Gasteiger partial charge is 0.491 e. The summed E-state index contributed by atoms with van der Waals surface area (Å²) in [6, 6.07) is 11.8. The van der Waals surface area contributed by atoms with Crippen LogP contribution in [-0.2, 0) is 10.0 Å². The van der Waals surface area contributed by atoms with Crippen LogP contribution in [0, 0.1) is 6.92 Å². The van der Waals surface area contributed by atoms with Crippen molar-refractivity contribution in [3.8, 4) is 28.7 Å². The van der Waals surface area contributed by atoms with Gasteiger partial charge in [0.2, 0.25) is 21.8 Å². The van der Waals surface area contributed by atoms with Gasteiger partial charge >= 0.3 is 0 Å². The summed E-state index contributed by atoms with van der Waals surface area (Å²) in [5, 5.41) is 7.78. The van der Waals surface area contributed by atoms with Gasteiger partial charge in [0.05, 0.1) is 0 Å². The van der Waals surface area contributed by atoms with Crippen LogP contribution >= 0.6 is 0 Å². The lowest BCUT2D eigenvalue weighted by Crippen LogP contribution is -2.24. The van der Waals surface area contributed by atoms with Crippen molar-refractivity contribution < 1.29 is 22.3 Å². The number of sulfonamides is 1. The molecule has 2 heterocycles. The fourth-order valence-corrected chi connectivity index (χ4v) is 3.71. The molecule has 1 N–H and O–H groups in total. The molecule has 0 aliphatic carbocycles. The molecule has 0 spiro atoms. The molecule has 3 aromatic rings. The standard InChI is InChI=1S/C17H15N3O5S/c1-11-19-20-17(24-11)12-3-2-4-13(9-12)25-14-5-6-15-16(10-14)26(21,22)18-7-8-23-15/h2-6,9-10,18H,7-8H2,1H3. The number of nitrogens with one attached hydrogen (secondary N) is 1. The van der Waals surface area contributed by atoms with E-state index in [4.69, 9.17) is 13.9 Å². The lowest BCUT2D eigenvalue weighted by molar-refractivity contribution is 0.320. The van der Waals surface area contributed by atoms with Gasteiger partial charge in [-0.2, -0.15) is 0 Å². The number of fused-ring (bicyclic) bond motifs is 1. The number of hydrogen-bond donors (Lipinski definition) is 1. The molecule has 0 amide bonds. The first-order chi connectivity index (χ1) is 12.5. The van der Waals surface area contributed by atoms with Gasteiger partial charge in [-0.25, -0.2) is 13.1 Å². The molecule has 26 heavy (non-hydrogen) atoms. The van der Waals surface area contributed by atoms with Crippen LogP contribution in [0.3, 0.4) is 0 Å². The number of benzene rings is 2. The lowest BCUT2D eigenvalue weighted by Gasteiger charge is -2.10. The fourth-order valence-electron chi connectivity index (χ4n) is 2.54. The second-order valence-electron chi connectivity index (χ2n) is 5.61. The molecule has 8 nitrogen and oxygen atoms in total. The maximum Gasteiger partial charge on any atom is 0.247 e. The van der Waals surface area contributed by atoms with Gasteiger partial charge in [0, 0.05) is 25.1 Å². The normalized spacial score (nSPS) is 15.6. The highest BCUT2D eigenvalue weighted by molar-refractivity contribution is 7.89. The van der Waals surface area contributed by atoms with Crippen molar-refractivity contribution in [2.75, 3.05) is 13.2 Å². The van der Waals surface area contributed by atoms with E-state index in [1.54, 1.807) is 37.3 Å². The lowest BCUT2D eigenvalue weighted by atomic mass is 10.2. The van der Waals surface area contributed by atoms with E-state index in [9.17, 15) is 8.42 Å². The summed E-state index contributed by atoms with van der Waals surface area (Å²) >= 11 is 0. The van der Waals surface area contributed by atoms with E-state index in [0.29, 0.717) is 34.6 Å². The van der Waals surface area contributed by atoms with E-state index < -0.39 is 10.0 Å². The zero-order chi connectivity index (χ0) is 18.1. The van der Waals surface area contributed by atoms with Crippen molar-refractivity contribution in [1.29, 1.82) is 0 Å². The molecule has 0 radical (unpaired) electrons. The summed E-state index contributed by atoms with van der Waals surface area (Å²) in [5.74, 6) is 2.04. The molecule has 0 bridgehead atoms. The second kappa shape index (κ2) is 6.43. The van der Waals surface area contributed by atoms with Crippen LogP contribution in [-0.4, -0.2) is 31.8 Å². The number of hydrogen-bond acceptors (Lipinski definition) is 7. The Hall–Kier alpha value is -2.91. The molecule has 0 saturated carbocycles.